The molecule has 0 radical (unpaired) electrons. The van der Waals surface area contributed by atoms with Crippen molar-refractivity contribution in [3.63, 3.8) is 0 Å². The Hall–Kier alpha value is -1.47. The van der Waals surface area contributed by atoms with Crippen LogP contribution in [0.15, 0.2) is 12.1 Å². The summed E-state index contributed by atoms with van der Waals surface area (Å²) in [5, 5.41) is 2.72. The van der Waals surface area contributed by atoms with Gasteiger partial charge in [-0.1, -0.05) is 11.8 Å². The SMILES string of the molecule is CNCC#Cc1cc(F)c(F)cc1F. The maximum atomic E-state index is 12.9. The highest BCUT2D eigenvalue weighted by Gasteiger charge is 2.07. The van der Waals surface area contributed by atoms with E-state index in [1.807, 2.05) is 0 Å². The molecule has 4 heteroatoms. The highest BCUT2D eigenvalue weighted by atomic mass is 19.2. The fraction of sp³-hybridized carbons (Fsp3) is 0.200. The van der Waals surface area contributed by atoms with Crippen LogP contribution in [0.3, 0.4) is 0 Å². The molecule has 1 aromatic rings. The van der Waals surface area contributed by atoms with Crippen LogP contribution >= 0.6 is 0 Å². The first-order valence-electron chi connectivity index (χ1n) is 3.93. The molecule has 0 aliphatic rings. The van der Waals surface area contributed by atoms with Crippen molar-refractivity contribution >= 4 is 0 Å². The Labute approximate surface area is 79.9 Å². The third-order valence-corrected chi connectivity index (χ3v) is 1.50. The van der Waals surface area contributed by atoms with E-state index in [-0.39, 0.29) is 5.56 Å². The first-order chi connectivity index (χ1) is 6.65. The van der Waals surface area contributed by atoms with Gasteiger partial charge in [-0.05, 0) is 13.1 Å². The molecule has 1 N–H and O–H groups in total. The second-order valence-corrected chi connectivity index (χ2v) is 2.58. The number of halogens is 3. The highest BCUT2D eigenvalue weighted by molar-refractivity contribution is 5.36. The van der Waals surface area contributed by atoms with E-state index in [4.69, 9.17) is 0 Å². The molecule has 1 nitrogen and oxygen atoms in total. The van der Waals surface area contributed by atoms with E-state index in [0.717, 1.165) is 6.07 Å². The third-order valence-electron chi connectivity index (χ3n) is 1.50. The fourth-order valence-electron chi connectivity index (χ4n) is 0.846. The lowest BCUT2D eigenvalue weighted by molar-refractivity contribution is 0.494. The van der Waals surface area contributed by atoms with Crippen LogP contribution in [0.4, 0.5) is 13.2 Å². The molecule has 0 heterocycles. The van der Waals surface area contributed by atoms with Crippen LogP contribution in [0.25, 0.3) is 0 Å². The fourth-order valence-corrected chi connectivity index (χ4v) is 0.846. The van der Waals surface area contributed by atoms with Gasteiger partial charge in [0.1, 0.15) is 5.82 Å². The summed E-state index contributed by atoms with van der Waals surface area (Å²) < 4.78 is 38.0. The first-order valence-corrected chi connectivity index (χ1v) is 3.93. The molecule has 0 unspecified atom stereocenters. The summed E-state index contributed by atoms with van der Waals surface area (Å²) in [5.74, 6) is 1.78. The predicted octanol–water partition coefficient (Wildman–Crippen LogP) is 1.67. The monoisotopic (exact) mass is 199 g/mol. The Kier molecular flexibility index (Phi) is 3.55. The van der Waals surface area contributed by atoms with Crippen molar-refractivity contribution in [3.8, 4) is 11.8 Å². The first kappa shape index (κ1) is 10.6. The molecule has 0 aliphatic heterocycles. The van der Waals surface area contributed by atoms with E-state index in [1.54, 1.807) is 7.05 Å². The second kappa shape index (κ2) is 4.68. The molecule has 0 amide bonds. The van der Waals surface area contributed by atoms with Gasteiger partial charge in [0.05, 0.1) is 12.1 Å². The summed E-state index contributed by atoms with van der Waals surface area (Å²) >= 11 is 0. The van der Waals surface area contributed by atoms with Gasteiger partial charge in [-0.25, -0.2) is 13.2 Å². The smallest absolute Gasteiger partial charge is 0.161 e. The number of hydrogen-bond acceptors (Lipinski definition) is 1. The van der Waals surface area contributed by atoms with Crippen LogP contribution in [0.5, 0.6) is 0 Å². The minimum atomic E-state index is -1.21. The average molecular weight is 199 g/mol. The predicted molar refractivity (Wildman–Crippen MR) is 47.1 cm³/mol. The zero-order chi connectivity index (χ0) is 10.6. The van der Waals surface area contributed by atoms with Crippen molar-refractivity contribution in [2.75, 3.05) is 13.6 Å². The molecule has 0 saturated heterocycles. The molecule has 0 saturated carbocycles. The quantitative estimate of drug-likeness (QED) is 0.536. The number of rotatable bonds is 1. The molecule has 0 fully saturated rings. The molecule has 1 aromatic carbocycles. The average Bonchev–Trinajstić information content (AvgIpc) is 2.14. The van der Waals surface area contributed by atoms with Crippen molar-refractivity contribution in [3.05, 3.63) is 35.1 Å². The van der Waals surface area contributed by atoms with Crippen molar-refractivity contribution in [1.82, 2.24) is 5.32 Å². The standard InChI is InChI=1S/C10H8F3N/c1-14-4-2-3-7-5-9(12)10(13)6-8(7)11/h5-6,14H,4H2,1H3. The van der Waals surface area contributed by atoms with Crippen LogP contribution in [-0.4, -0.2) is 13.6 Å². The van der Waals surface area contributed by atoms with E-state index in [1.165, 1.54) is 0 Å². The Balaban J connectivity index is 3.00. The molecule has 1 rings (SSSR count). The van der Waals surface area contributed by atoms with E-state index in [0.29, 0.717) is 12.6 Å². The largest absolute Gasteiger partial charge is 0.309 e. The molecule has 14 heavy (non-hydrogen) atoms. The number of benzene rings is 1. The summed E-state index contributed by atoms with van der Waals surface area (Å²) in [4.78, 5) is 0. The van der Waals surface area contributed by atoms with Crippen LogP contribution < -0.4 is 5.32 Å². The van der Waals surface area contributed by atoms with Gasteiger partial charge in [-0.15, -0.1) is 0 Å². The van der Waals surface area contributed by atoms with E-state index < -0.39 is 17.5 Å². The Bertz CT molecular complexity index is 390. The minimum Gasteiger partial charge on any atom is -0.309 e. The molecule has 0 aliphatic carbocycles. The van der Waals surface area contributed by atoms with Gasteiger partial charge < -0.3 is 5.32 Å². The topological polar surface area (TPSA) is 12.0 Å². The van der Waals surface area contributed by atoms with Crippen LogP contribution in [-0.2, 0) is 0 Å². The molecule has 74 valence electrons. The van der Waals surface area contributed by atoms with E-state index >= 15 is 0 Å². The molecule has 0 aromatic heterocycles. The van der Waals surface area contributed by atoms with Gasteiger partial charge in [0.2, 0.25) is 0 Å². The van der Waals surface area contributed by atoms with E-state index in [2.05, 4.69) is 17.2 Å². The maximum absolute atomic E-state index is 12.9. The van der Waals surface area contributed by atoms with Crippen LogP contribution in [0.2, 0.25) is 0 Å². The summed E-state index contributed by atoms with van der Waals surface area (Å²) in [6, 6.07) is 1.23. The van der Waals surface area contributed by atoms with Gasteiger partial charge in [0.25, 0.3) is 0 Å². The summed E-state index contributed by atoms with van der Waals surface area (Å²) in [6.07, 6.45) is 0. The number of hydrogen-bond donors (Lipinski definition) is 1. The molecule has 0 atom stereocenters. The molecular weight excluding hydrogens is 191 g/mol. The van der Waals surface area contributed by atoms with E-state index in [9.17, 15) is 13.2 Å². The summed E-state index contributed by atoms with van der Waals surface area (Å²) in [7, 11) is 1.68. The minimum absolute atomic E-state index is 0.140. The van der Waals surface area contributed by atoms with Crippen molar-refractivity contribution in [2.45, 2.75) is 0 Å². The Morgan fingerprint density at radius 1 is 1.14 bits per heavy atom. The summed E-state index contributed by atoms with van der Waals surface area (Å²) in [6.45, 7) is 0.360. The van der Waals surface area contributed by atoms with Crippen LogP contribution in [0, 0.1) is 29.3 Å². The molecule has 0 bridgehead atoms. The molecular formula is C10H8F3N. The zero-order valence-electron chi connectivity index (χ0n) is 7.50. The van der Waals surface area contributed by atoms with Gasteiger partial charge in [-0.2, -0.15) is 0 Å². The molecule has 0 spiro atoms. The Morgan fingerprint density at radius 2 is 1.79 bits per heavy atom. The van der Waals surface area contributed by atoms with Crippen LogP contribution in [0.1, 0.15) is 5.56 Å². The van der Waals surface area contributed by atoms with Gasteiger partial charge in [0, 0.05) is 6.07 Å². The summed E-state index contributed by atoms with van der Waals surface area (Å²) in [5.41, 5.74) is -0.140. The van der Waals surface area contributed by atoms with Crippen molar-refractivity contribution in [1.29, 1.82) is 0 Å². The lowest BCUT2D eigenvalue weighted by Gasteiger charge is -1.96. The normalized spacial score (nSPS) is 9.43. The van der Waals surface area contributed by atoms with Crippen molar-refractivity contribution in [2.24, 2.45) is 0 Å². The number of nitrogens with one attached hydrogen (secondary N) is 1. The van der Waals surface area contributed by atoms with Gasteiger partial charge in [0.15, 0.2) is 11.6 Å². The van der Waals surface area contributed by atoms with Crippen molar-refractivity contribution < 1.29 is 13.2 Å². The lowest BCUT2D eigenvalue weighted by atomic mass is 10.2. The third kappa shape index (κ3) is 2.51. The lowest BCUT2D eigenvalue weighted by Crippen LogP contribution is -2.04. The second-order valence-electron chi connectivity index (χ2n) is 2.58. The van der Waals surface area contributed by atoms with Gasteiger partial charge >= 0.3 is 0 Å². The van der Waals surface area contributed by atoms with Gasteiger partial charge in [-0.3, -0.25) is 0 Å². The zero-order valence-corrected chi connectivity index (χ0v) is 7.50. The Morgan fingerprint density at radius 3 is 2.43 bits per heavy atom. The maximum Gasteiger partial charge on any atom is 0.161 e. The highest BCUT2D eigenvalue weighted by Crippen LogP contribution is 2.12.